The van der Waals surface area contributed by atoms with Gasteiger partial charge in [-0.2, -0.15) is 0 Å². The summed E-state index contributed by atoms with van der Waals surface area (Å²) in [7, 11) is 2.07. The van der Waals surface area contributed by atoms with Gasteiger partial charge in [0.1, 0.15) is 0 Å². The van der Waals surface area contributed by atoms with Gasteiger partial charge in [-0.3, -0.25) is 4.79 Å². The Hall–Kier alpha value is -0.570. The molecule has 2 unspecified atom stereocenters. The van der Waals surface area contributed by atoms with Crippen LogP contribution < -0.4 is 5.73 Å². The number of hydrogen-bond acceptors (Lipinski definition) is 2. The number of amides is 1. The summed E-state index contributed by atoms with van der Waals surface area (Å²) in [5.41, 5.74) is 6.14. The Morgan fingerprint density at radius 3 is 2.10 bits per heavy atom. The fourth-order valence-corrected chi connectivity index (χ4v) is 6.23. The third kappa shape index (κ3) is 1.93. The minimum atomic E-state index is 0.109. The van der Waals surface area contributed by atoms with Crippen LogP contribution in [0.1, 0.15) is 51.4 Å². The normalized spacial score (nSPS) is 49.6. The molecule has 5 saturated carbocycles. The molecule has 5 fully saturated rings. The van der Waals surface area contributed by atoms with E-state index in [0.717, 1.165) is 42.9 Å². The molecular formula is C17H28N2O. The molecule has 0 heterocycles. The van der Waals surface area contributed by atoms with Gasteiger partial charge in [0.15, 0.2) is 0 Å². The predicted molar refractivity (Wildman–Crippen MR) is 78.9 cm³/mol. The maximum Gasteiger partial charge on any atom is 0.227 e. The van der Waals surface area contributed by atoms with Gasteiger partial charge in [0.05, 0.1) is 5.92 Å². The molecule has 112 valence electrons. The van der Waals surface area contributed by atoms with E-state index in [1.807, 2.05) is 0 Å². The van der Waals surface area contributed by atoms with Gasteiger partial charge >= 0.3 is 0 Å². The fourth-order valence-electron chi connectivity index (χ4n) is 6.23. The average Bonchev–Trinajstić information content (AvgIpc) is 2.82. The smallest absolute Gasteiger partial charge is 0.227 e. The number of hydrogen-bond donors (Lipinski definition) is 1. The average molecular weight is 276 g/mol. The highest BCUT2D eigenvalue weighted by atomic mass is 16.2. The summed E-state index contributed by atoms with van der Waals surface area (Å²) in [6.07, 6.45) is 10.2. The lowest BCUT2D eigenvalue weighted by Gasteiger charge is -2.56. The summed E-state index contributed by atoms with van der Waals surface area (Å²) in [6.45, 7) is 0. The Kier molecular flexibility index (Phi) is 3.10. The summed E-state index contributed by atoms with van der Waals surface area (Å²) in [5, 5.41) is 0. The molecule has 0 saturated heterocycles. The summed E-state index contributed by atoms with van der Waals surface area (Å²) in [6, 6.07) is 0.643. The van der Waals surface area contributed by atoms with Crippen LogP contribution in [0.4, 0.5) is 0 Å². The molecule has 5 aliphatic rings. The molecule has 0 aromatic heterocycles. The summed E-state index contributed by atoms with van der Waals surface area (Å²) in [5.74, 6) is 4.00. The lowest BCUT2D eigenvalue weighted by Crippen LogP contribution is -2.57. The van der Waals surface area contributed by atoms with Crippen LogP contribution in [0.15, 0.2) is 0 Å². The van der Waals surface area contributed by atoms with Gasteiger partial charge in [0.2, 0.25) is 5.91 Å². The largest absolute Gasteiger partial charge is 0.342 e. The maximum absolute atomic E-state index is 12.8. The Morgan fingerprint density at radius 2 is 1.60 bits per heavy atom. The molecule has 3 heteroatoms. The van der Waals surface area contributed by atoms with Crippen LogP contribution in [0.25, 0.3) is 0 Å². The van der Waals surface area contributed by atoms with Crippen LogP contribution in [-0.2, 0) is 4.79 Å². The molecule has 2 atom stereocenters. The van der Waals surface area contributed by atoms with Crippen LogP contribution in [0, 0.1) is 29.6 Å². The lowest BCUT2D eigenvalue weighted by molar-refractivity contribution is -0.145. The summed E-state index contributed by atoms with van der Waals surface area (Å²) >= 11 is 0. The van der Waals surface area contributed by atoms with Gasteiger partial charge in [-0.1, -0.05) is 6.42 Å². The minimum Gasteiger partial charge on any atom is -0.342 e. The van der Waals surface area contributed by atoms with E-state index in [2.05, 4.69) is 11.9 Å². The zero-order valence-corrected chi connectivity index (χ0v) is 12.6. The van der Waals surface area contributed by atoms with E-state index in [4.69, 9.17) is 5.73 Å². The second kappa shape index (κ2) is 4.72. The highest BCUT2D eigenvalue weighted by Gasteiger charge is 2.51. The van der Waals surface area contributed by atoms with Crippen molar-refractivity contribution < 1.29 is 4.79 Å². The number of carbonyl (C=O) groups is 1. The number of rotatable bonds is 2. The van der Waals surface area contributed by atoms with Crippen molar-refractivity contribution in [3.8, 4) is 0 Å². The SMILES string of the molecule is CN(C(=O)C1CCCC1N)C1C2CC3CC(C2)CC1C3. The highest BCUT2D eigenvalue weighted by molar-refractivity contribution is 5.80. The maximum atomic E-state index is 12.8. The van der Waals surface area contributed by atoms with Gasteiger partial charge in [0.25, 0.3) is 0 Å². The summed E-state index contributed by atoms with van der Waals surface area (Å²) in [4.78, 5) is 15.0. The van der Waals surface area contributed by atoms with E-state index in [1.165, 1.54) is 32.1 Å². The zero-order chi connectivity index (χ0) is 13.9. The molecule has 0 aromatic rings. The van der Waals surface area contributed by atoms with Crippen molar-refractivity contribution in [2.75, 3.05) is 7.05 Å². The number of nitrogens with two attached hydrogens (primary N) is 1. The topological polar surface area (TPSA) is 46.3 Å². The van der Waals surface area contributed by atoms with Crippen molar-refractivity contribution in [2.45, 2.75) is 63.5 Å². The Balaban J connectivity index is 1.51. The monoisotopic (exact) mass is 276 g/mol. The van der Waals surface area contributed by atoms with Gasteiger partial charge < -0.3 is 10.6 Å². The zero-order valence-electron chi connectivity index (χ0n) is 12.6. The first kappa shape index (κ1) is 13.1. The second-order valence-corrected chi connectivity index (χ2v) is 8.07. The lowest BCUT2D eigenvalue weighted by atomic mass is 9.54. The van der Waals surface area contributed by atoms with Crippen LogP contribution in [0.2, 0.25) is 0 Å². The van der Waals surface area contributed by atoms with Crippen LogP contribution in [0.3, 0.4) is 0 Å². The van der Waals surface area contributed by atoms with Crippen molar-refractivity contribution in [2.24, 2.45) is 35.3 Å². The quantitative estimate of drug-likeness (QED) is 0.842. The van der Waals surface area contributed by atoms with E-state index < -0.39 is 0 Å². The van der Waals surface area contributed by atoms with E-state index in [1.54, 1.807) is 0 Å². The first-order valence-electron chi connectivity index (χ1n) is 8.65. The molecule has 0 aliphatic heterocycles. The van der Waals surface area contributed by atoms with E-state index in [-0.39, 0.29) is 12.0 Å². The second-order valence-electron chi connectivity index (χ2n) is 8.07. The first-order valence-corrected chi connectivity index (χ1v) is 8.65. The molecule has 0 spiro atoms. The molecule has 1 amide bonds. The molecule has 5 rings (SSSR count). The molecule has 5 aliphatic carbocycles. The fraction of sp³-hybridized carbons (Fsp3) is 0.941. The van der Waals surface area contributed by atoms with Gasteiger partial charge in [0, 0.05) is 19.1 Å². The van der Waals surface area contributed by atoms with Crippen LogP contribution in [0.5, 0.6) is 0 Å². The predicted octanol–water partition coefficient (Wildman–Crippen LogP) is 2.40. The van der Waals surface area contributed by atoms with Crippen LogP contribution in [-0.4, -0.2) is 29.9 Å². The van der Waals surface area contributed by atoms with Crippen molar-refractivity contribution in [1.29, 1.82) is 0 Å². The molecule has 0 radical (unpaired) electrons. The van der Waals surface area contributed by atoms with Crippen molar-refractivity contribution >= 4 is 5.91 Å². The molecular weight excluding hydrogens is 248 g/mol. The first-order chi connectivity index (χ1) is 9.63. The van der Waals surface area contributed by atoms with Crippen molar-refractivity contribution in [3.05, 3.63) is 0 Å². The van der Waals surface area contributed by atoms with E-state index >= 15 is 0 Å². The number of nitrogens with zero attached hydrogens (tertiary/aromatic N) is 1. The molecule has 4 bridgehead atoms. The molecule has 2 N–H and O–H groups in total. The standard InChI is InChI=1S/C17H28N2O/c1-19(17(20)14-3-2-4-15(14)18)16-12-6-10-5-11(8-12)9-13(16)7-10/h10-16H,2-9,18H2,1H3. The van der Waals surface area contributed by atoms with Crippen molar-refractivity contribution in [3.63, 3.8) is 0 Å². The Bertz CT molecular complexity index is 380. The van der Waals surface area contributed by atoms with E-state index in [0.29, 0.717) is 11.9 Å². The third-order valence-electron chi connectivity index (χ3n) is 6.86. The van der Waals surface area contributed by atoms with E-state index in [9.17, 15) is 4.79 Å². The Morgan fingerprint density at radius 1 is 1.00 bits per heavy atom. The van der Waals surface area contributed by atoms with Gasteiger partial charge in [-0.15, -0.1) is 0 Å². The summed E-state index contributed by atoms with van der Waals surface area (Å²) < 4.78 is 0. The third-order valence-corrected chi connectivity index (χ3v) is 6.86. The molecule has 3 nitrogen and oxygen atoms in total. The number of carbonyl (C=O) groups excluding carboxylic acids is 1. The Labute approximate surface area is 122 Å². The highest BCUT2D eigenvalue weighted by Crippen LogP contribution is 2.55. The van der Waals surface area contributed by atoms with Gasteiger partial charge in [-0.25, -0.2) is 0 Å². The van der Waals surface area contributed by atoms with Crippen molar-refractivity contribution in [1.82, 2.24) is 4.90 Å². The molecule has 20 heavy (non-hydrogen) atoms. The van der Waals surface area contributed by atoms with Gasteiger partial charge in [-0.05, 0) is 68.6 Å². The molecule has 0 aromatic carbocycles. The van der Waals surface area contributed by atoms with Crippen LogP contribution >= 0.6 is 0 Å². The minimum absolute atomic E-state index is 0.109.